The average Bonchev–Trinajstić information content (AvgIpc) is 2.17. The van der Waals surface area contributed by atoms with Crippen LogP contribution in [-0.2, 0) is 4.79 Å². The highest BCUT2D eigenvalue weighted by molar-refractivity contribution is 9.10. The summed E-state index contributed by atoms with van der Waals surface area (Å²) in [6, 6.07) is 3.79. The van der Waals surface area contributed by atoms with Gasteiger partial charge in [0.15, 0.2) is 0 Å². The number of nitrogens with zero attached hydrogens (tertiary/aromatic N) is 1. The van der Waals surface area contributed by atoms with E-state index in [4.69, 9.17) is 0 Å². The molecule has 1 atom stereocenters. The molecule has 15 heavy (non-hydrogen) atoms. The molecule has 0 saturated heterocycles. The zero-order valence-electron chi connectivity index (χ0n) is 9.12. The molecular formula is C11H15BrN2O. The molecule has 1 heterocycles. The van der Waals surface area contributed by atoms with Crippen LogP contribution in [0.3, 0.4) is 0 Å². The summed E-state index contributed by atoms with van der Waals surface area (Å²) in [6.07, 6.45) is 3.44. The van der Waals surface area contributed by atoms with Gasteiger partial charge in [0.25, 0.3) is 0 Å². The van der Waals surface area contributed by atoms with Gasteiger partial charge in [-0.1, -0.05) is 15.9 Å². The molecule has 1 rings (SSSR count). The molecule has 0 fully saturated rings. The summed E-state index contributed by atoms with van der Waals surface area (Å²) in [6.45, 7) is 5.59. The second-order valence-electron chi connectivity index (χ2n) is 3.95. The molecule has 0 aliphatic heterocycles. The molecule has 1 aromatic rings. The Labute approximate surface area is 98.4 Å². The number of carbonyl (C=O) groups is 1. The third-order valence-electron chi connectivity index (χ3n) is 2.09. The van der Waals surface area contributed by atoms with Crippen molar-refractivity contribution in [2.45, 2.75) is 31.1 Å². The number of amides is 1. The van der Waals surface area contributed by atoms with Gasteiger partial charge in [-0.15, -0.1) is 0 Å². The van der Waals surface area contributed by atoms with Gasteiger partial charge in [0.2, 0.25) is 5.91 Å². The van der Waals surface area contributed by atoms with E-state index < -0.39 is 4.32 Å². The lowest BCUT2D eigenvalue weighted by molar-refractivity contribution is -0.123. The van der Waals surface area contributed by atoms with Crippen LogP contribution in [0.4, 0.5) is 0 Å². The number of aromatic nitrogens is 1. The van der Waals surface area contributed by atoms with Crippen LogP contribution in [0.25, 0.3) is 0 Å². The van der Waals surface area contributed by atoms with Crippen molar-refractivity contribution >= 4 is 21.8 Å². The van der Waals surface area contributed by atoms with Crippen LogP contribution in [0.2, 0.25) is 0 Å². The first kappa shape index (κ1) is 12.2. The second kappa shape index (κ2) is 4.75. The normalized spacial score (nSPS) is 13.3. The van der Waals surface area contributed by atoms with E-state index in [1.54, 1.807) is 12.4 Å². The van der Waals surface area contributed by atoms with Crippen molar-refractivity contribution in [3.05, 3.63) is 30.1 Å². The number of nitrogens with one attached hydrogen (secondary N) is 1. The number of carbonyl (C=O) groups excluding carboxylic acids is 1. The van der Waals surface area contributed by atoms with Crippen molar-refractivity contribution in [2.75, 3.05) is 0 Å². The van der Waals surface area contributed by atoms with E-state index in [2.05, 4.69) is 26.2 Å². The molecule has 0 spiro atoms. The summed E-state index contributed by atoms with van der Waals surface area (Å²) < 4.78 is -0.533. The number of rotatable bonds is 3. The zero-order chi connectivity index (χ0) is 11.5. The van der Waals surface area contributed by atoms with E-state index in [0.717, 1.165) is 5.56 Å². The van der Waals surface area contributed by atoms with E-state index in [0.29, 0.717) is 0 Å². The monoisotopic (exact) mass is 270 g/mol. The van der Waals surface area contributed by atoms with Crippen molar-refractivity contribution in [1.29, 1.82) is 0 Å². The fourth-order valence-corrected chi connectivity index (χ4v) is 1.22. The van der Waals surface area contributed by atoms with Crippen LogP contribution in [-0.4, -0.2) is 15.2 Å². The fourth-order valence-electron chi connectivity index (χ4n) is 1.10. The lowest BCUT2D eigenvalue weighted by Crippen LogP contribution is -2.38. The van der Waals surface area contributed by atoms with Gasteiger partial charge in [0.05, 0.1) is 10.4 Å². The molecule has 4 heteroatoms. The number of hydrogen-bond donors (Lipinski definition) is 1. The Morgan fingerprint density at radius 3 is 2.47 bits per heavy atom. The number of alkyl halides is 1. The van der Waals surface area contributed by atoms with Crippen molar-refractivity contribution < 1.29 is 4.79 Å². The van der Waals surface area contributed by atoms with Gasteiger partial charge in [-0.2, -0.15) is 0 Å². The molecule has 1 amide bonds. The fraction of sp³-hybridized carbons (Fsp3) is 0.455. The molecule has 3 nitrogen and oxygen atoms in total. The largest absolute Gasteiger partial charge is 0.348 e. The van der Waals surface area contributed by atoms with Crippen LogP contribution in [0.5, 0.6) is 0 Å². The maximum absolute atomic E-state index is 11.7. The van der Waals surface area contributed by atoms with E-state index in [1.807, 2.05) is 32.9 Å². The van der Waals surface area contributed by atoms with Crippen molar-refractivity contribution in [1.82, 2.24) is 10.3 Å². The third-order valence-corrected chi connectivity index (χ3v) is 2.45. The Hall–Kier alpha value is -0.900. The minimum absolute atomic E-state index is 0.00248. The second-order valence-corrected chi connectivity index (χ2v) is 5.93. The summed E-state index contributed by atoms with van der Waals surface area (Å²) in [4.78, 5) is 15.6. The molecule has 82 valence electrons. The molecule has 0 saturated carbocycles. The number of hydrogen-bond acceptors (Lipinski definition) is 2. The zero-order valence-corrected chi connectivity index (χ0v) is 10.7. The van der Waals surface area contributed by atoms with E-state index in [9.17, 15) is 4.79 Å². The van der Waals surface area contributed by atoms with Gasteiger partial charge in [-0.25, -0.2) is 0 Å². The van der Waals surface area contributed by atoms with E-state index in [-0.39, 0.29) is 11.9 Å². The van der Waals surface area contributed by atoms with Gasteiger partial charge in [0, 0.05) is 12.4 Å². The minimum Gasteiger partial charge on any atom is -0.348 e. The molecule has 0 radical (unpaired) electrons. The molecule has 1 N–H and O–H groups in total. The topological polar surface area (TPSA) is 42.0 Å². The quantitative estimate of drug-likeness (QED) is 0.858. The first-order chi connectivity index (χ1) is 6.91. The smallest absolute Gasteiger partial charge is 0.236 e. The highest BCUT2D eigenvalue weighted by Crippen LogP contribution is 2.18. The molecular weight excluding hydrogens is 256 g/mol. The maximum atomic E-state index is 11.7. The molecule has 1 aromatic heterocycles. The Bertz CT molecular complexity index is 332. The molecule has 0 unspecified atom stereocenters. The molecule has 0 bridgehead atoms. The number of pyridine rings is 1. The third kappa shape index (κ3) is 3.63. The van der Waals surface area contributed by atoms with Crippen molar-refractivity contribution in [2.24, 2.45) is 0 Å². The lowest BCUT2D eigenvalue weighted by atomic mass is 10.1. The first-order valence-electron chi connectivity index (χ1n) is 4.81. The summed E-state index contributed by atoms with van der Waals surface area (Å²) >= 11 is 3.32. The van der Waals surface area contributed by atoms with Crippen LogP contribution in [0.1, 0.15) is 32.4 Å². The van der Waals surface area contributed by atoms with Crippen molar-refractivity contribution in [3.63, 3.8) is 0 Å². The van der Waals surface area contributed by atoms with Crippen LogP contribution in [0.15, 0.2) is 24.5 Å². The maximum Gasteiger partial charge on any atom is 0.236 e. The van der Waals surface area contributed by atoms with Crippen LogP contribution in [0, 0.1) is 0 Å². The Kier molecular flexibility index (Phi) is 3.85. The highest BCUT2D eigenvalue weighted by atomic mass is 79.9. The van der Waals surface area contributed by atoms with Gasteiger partial charge < -0.3 is 5.32 Å². The number of halogens is 1. The summed E-state index contributed by atoms with van der Waals surface area (Å²) in [5.74, 6) is -0.0215. The summed E-state index contributed by atoms with van der Waals surface area (Å²) in [5, 5.41) is 2.92. The molecule has 0 aromatic carbocycles. The lowest BCUT2D eigenvalue weighted by Gasteiger charge is -2.20. The van der Waals surface area contributed by atoms with Gasteiger partial charge in [-0.3, -0.25) is 9.78 Å². The first-order valence-corrected chi connectivity index (χ1v) is 5.60. The summed E-state index contributed by atoms with van der Waals surface area (Å²) in [5.41, 5.74) is 1.05. The summed E-state index contributed by atoms with van der Waals surface area (Å²) in [7, 11) is 0. The SMILES string of the molecule is C[C@H](NC(=O)C(C)(C)Br)c1ccncc1. The van der Waals surface area contributed by atoms with Gasteiger partial charge >= 0.3 is 0 Å². The Balaban J connectivity index is 2.65. The Morgan fingerprint density at radius 2 is 2.00 bits per heavy atom. The standard InChI is InChI=1S/C11H15BrN2O/c1-8(9-4-6-13-7-5-9)14-10(15)11(2,3)12/h4-8H,1-3H3,(H,14,15)/t8-/m0/s1. The van der Waals surface area contributed by atoms with Crippen LogP contribution >= 0.6 is 15.9 Å². The minimum atomic E-state index is -0.533. The molecule has 0 aliphatic rings. The average molecular weight is 271 g/mol. The molecule has 0 aliphatic carbocycles. The van der Waals surface area contributed by atoms with Gasteiger partial charge in [-0.05, 0) is 38.5 Å². The predicted octanol–water partition coefficient (Wildman–Crippen LogP) is 2.43. The highest BCUT2D eigenvalue weighted by Gasteiger charge is 2.24. The van der Waals surface area contributed by atoms with Crippen molar-refractivity contribution in [3.8, 4) is 0 Å². The van der Waals surface area contributed by atoms with E-state index in [1.165, 1.54) is 0 Å². The van der Waals surface area contributed by atoms with Crippen LogP contribution < -0.4 is 5.32 Å². The Morgan fingerprint density at radius 1 is 1.47 bits per heavy atom. The van der Waals surface area contributed by atoms with Gasteiger partial charge in [0.1, 0.15) is 0 Å². The van der Waals surface area contributed by atoms with E-state index >= 15 is 0 Å². The predicted molar refractivity (Wildman–Crippen MR) is 63.8 cm³/mol.